The van der Waals surface area contributed by atoms with Crippen LogP contribution in [0.25, 0.3) is 15.3 Å². The molecule has 0 saturated carbocycles. The van der Waals surface area contributed by atoms with Gasteiger partial charge in [-0.1, -0.05) is 11.3 Å². The smallest absolute Gasteiger partial charge is 0.255 e. The number of ether oxygens (including phenoxy) is 2. The molecule has 0 aliphatic heterocycles. The second-order valence-electron chi connectivity index (χ2n) is 6.65. The molecule has 0 radical (unpaired) electrons. The van der Waals surface area contributed by atoms with Gasteiger partial charge in [0.15, 0.2) is 16.6 Å². The Kier molecular flexibility index (Phi) is 4.98. The van der Waals surface area contributed by atoms with Crippen molar-refractivity contribution in [3.63, 3.8) is 0 Å². The van der Waals surface area contributed by atoms with Crippen LogP contribution in [0.4, 0.5) is 5.69 Å². The fourth-order valence-corrected chi connectivity index (χ4v) is 4.36. The van der Waals surface area contributed by atoms with E-state index in [1.165, 1.54) is 0 Å². The summed E-state index contributed by atoms with van der Waals surface area (Å²) >= 11 is 1.57. The molecule has 0 fully saturated rings. The molecule has 29 heavy (non-hydrogen) atoms. The van der Waals surface area contributed by atoms with Crippen LogP contribution in [-0.2, 0) is 0 Å². The standard InChI is InChI=1S/C22H21N3O3S/c1-13-5-6-14(2)25(13)22-24-17-9-7-15(11-20(17)29-22)21(26)23-16-8-10-18(27-3)19(12-16)28-4/h5-12H,1-4H3,(H,23,26). The maximum absolute atomic E-state index is 12.8. The monoisotopic (exact) mass is 407 g/mol. The molecule has 0 aliphatic rings. The van der Waals surface area contributed by atoms with E-state index in [9.17, 15) is 4.79 Å². The summed E-state index contributed by atoms with van der Waals surface area (Å²) in [6.07, 6.45) is 0. The van der Waals surface area contributed by atoms with E-state index in [-0.39, 0.29) is 5.91 Å². The fourth-order valence-electron chi connectivity index (χ4n) is 3.24. The van der Waals surface area contributed by atoms with Crippen molar-refractivity contribution in [1.82, 2.24) is 9.55 Å². The highest BCUT2D eigenvalue weighted by Gasteiger charge is 2.13. The molecule has 2 aromatic heterocycles. The van der Waals surface area contributed by atoms with Crippen LogP contribution in [0.3, 0.4) is 0 Å². The van der Waals surface area contributed by atoms with Crippen molar-refractivity contribution in [3.8, 4) is 16.6 Å². The minimum Gasteiger partial charge on any atom is -0.493 e. The van der Waals surface area contributed by atoms with Crippen LogP contribution in [0.1, 0.15) is 21.7 Å². The second kappa shape index (κ2) is 7.60. The molecule has 1 N–H and O–H groups in total. The molecule has 6 nitrogen and oxygen atoms in total. The number of rotatable bonds is 5. The molecule has 2 aromatic carbocycles. The van der Waals surface area contributed by atoms with Gasteiger partial charge in [0.25, 0.3) is 5.91 Å². The van der Waals surface area contributed by atoms with Crippen LogP contribution >= 0.6 is 11.3 Å². The maximum atomic E-state index is 12.8. The van der Waals surface area contributed by atoms with E-state index in [2.05, 4.69) is 35.9 Å². The number of nitrogens with one attached hydrogen (secondary N) is 1. The van der Waals surface area contributed by atoms with E-state index in [0.29, 0.717) is 22.7 Å². The quantitative estimate of drug-likeness (QED) is 0.507. The van der Waals surface area contributed by atoms with E-state index in [4.69, 9.17) is 14.5 Å². The van der Waals surface area contributed by atoms with Crippen LogP contribution in [-0.4, -0.2) is 29.7 Å². The predicted molar refractivity (Wildman–Crippen MR) is 116 cm³/mol. The lowest BCUT2D eigenvalue weighted by molar-refractivity contribution is 0.102. The third-order valence-corrected chi connectivity index (χ3v) is 5.75. The highest BCUT2D eigenvalue weighted by Crippen LogP contribution is 2.31. The lowest BCUT2D eigenvalue weighted by atomic mass is 10.2. The Morgan fingerprint density at radius 3 is 2.38 bits per heavy atom. The summed E-state index contributed by atoms with van der Waals surface area (Å²) < 4.78 is 13.6. The molecule has 4 rings (SSSR count). The van der Waals surface area contributed by atoms with E-state index in [1.807, 2.05) is 12.1 Å². The molecular weight excluding hydrogens is 386 g/mol. The van der Waals surface area contributed by atoms with Crippen molar-refractivity contribution in [2.45, 2.75) is 13.8 Å². The molecule has 0 unspecified atom stereocenters. The number of thiazole rings is 1. The predicted octanol–water partition coefficient (Wildman–Crippen LogP) is 4.97. The average Bonchev–Trinajstić information content (AvgIpc) is 3.29. The van der Waals surface area contributed by atoms with Gasteiger partial charge >= 0.3 is 0 Å². The first-order valence-corrected chi connectivity index (χ1v) is 9.91. The van der Waals surface area contributed by atoms with Gasteiger partial charge in [0.05, 0.1) is 24.4 Å². The summed E-state index contributed by atoms with van der Waals surface area (Å²) in [5, 5.41) is 3.81. The molecule has 148 valence electrons. The number of fused-ring (bicyclic) bond motifs is 1. The van der Waals surface area contributed by atoms with Crippen LogP contribution in [0, 0.1) is 13.8 Å². The Bertz CT molecular complexity index is 1190. The first-order valence-electron chi connectivity index (χ1n) is 9.09. The Hall–Kier alpha value is -3.32. The number of hydrogen-bond donors (Lipinski definition) is 1. The molecule has 4 aromatic rings. The zero-order valence-corrected chi connectivity index (χ0v) is 17.5. The number of aromatic nitrogens is 2. The van der Waals surface area contributed by atoms with Gasteiger partial charge in [-0.2, -0.15) is 0 Å². The van der Waals surface area contributed by atoms with E-state index in [0.717, 1.165) is 26.7 Å². The average molecular weight is 407 g/mol. The van der Waals surface area contributed by atoms with Crippen LogP contribution in [0.5, 0.6) is 11.5 Å². The summed E-state index contributed by atoms with van der Waals surface area (Å²) in [5.74, 6) is 0.979. The second-order valence-corrected chi connectivity index (χ2v) is 7.66. The van der Waals surface area contributed by atoms with Gasteiger partial charge in [0.1, 0.15) is 0 Å². The van der Waals surface area contributed by atoms with Gasteiger partial charge in [-0.25, -0.2) is 4.98 Å². The molecule has 7 heteroatoms. The molecule has 2 heterocycles. The highest BCUT2D eigenvalue weighted by atomic mass is 32.1. The molecule has 1 amide bonds. The van der Waals surface area contributed by atoms with Gasteiger partial charge < -0.3 is 14.8 Å². The summed E-state index contributed by atoms with van der Waals surface area (Å²) in [6, 6.07) is 15.0. The van der Waals surface area contributed by atoms with E-state index >= 15 is 0 Å². The Morgan fingerprint density at radius 2 is 1.69 bits per heavy atom. The molecule has 0 spiro atoms. The number of nitrogens with zero attached hydrogens (tertiary/aromatic N) is 2. The number of benzene rings is 2. The number of aryl methyl sites for hydroxylation is 2. The van der Waals surface area contributed by atoms with Crippen LogP contribution in [0.2, 0.25) is 0 Å². The van der Waals surface area contributed by atoms with Crippen molar-refractivity contribution in [3.05, 3.63) is 65.5 Å². The lowest BCUT2D eigenvalue weighted by Gasteiger charge is -2.10. The molecule has 0 atom stereocenters. The first kappa shape index (κ1) is 19.0. The molecule has 0 saturated heterocycles. The van der Waals surface area contributed by atoms with Gasteiger partial charge in [-0.05, 0) is 56.3 Å². The zero-order valence-electron chi connectivity index (χ0n) is 16.6. The summed E-state index contributed by atoms with van der Waals surface area (Å²) in [5.41, 5.74) is 4.35. The maximum Gasteiger partial charge on any atom is 0.255 e. The van der Waals surface area contributed by atoms with Crippen molar-refractivity contribution in [1.29, 1.82) is 0 Å². The lowest BCUT2D eigenvalue weighted by Crippen LogP contribution is -2.11. The summed E-state index contributed by atoms with van der Waals surface area (Å²) in [6.45, 7) is 4.11. The van der Waals surface area contributed by atoms with Crippen molar-refractivity contribution in [2.75, 3.05) is 19.5 Å². The van der Waals surface area contributed by atoms with E-state index in [1.54, 1.807) is 49.8 Å². The van der Waals surface area contributed by atoms with Gasteiger partial charge in [0.2, 0.25) is 0 Å². The molecule has 0 aliphatic carbocycles. The minimum absolute atomic E-state index is 0.192. The van der Waals surface area contributed by atoms with Crippen LogP contribution < -0.4 is 14.8 Å². The molecular formula is C22H21N3O3S. The Labute approximate surface area is 172 Å². The highest BCUT2D eigenvalue weighted by molar-refractivity contribution is 7.20. The van der Waals surface area contributed by atoms with Gasteiger partial charge in [0, 0.05) is 28.7 Å². The third-order valence-electron chi connectivity index (χ3n) is 4.74. The van der Waals surface area contributed by atoms with Crippen molar-refractivity contribution in [2.24, 2.45) is 0 Å². The number of amides is 1. The summed E-state index contributed by atoms with van der Waals surface area (Å²) in [4.78, 5) is 17.5. The largest absolute Gasteiger partial charge is 0.493 e. The van der Waals surface area contributed by atoms with Gasteiger partial charge in [-0.15, -0.1) is 0 Å². The molecule has 0 bridgehead atoms. The summed E-state index contributed by atoms with van der Waals surface area (Å²) in [7, 11) is 3.14. The number of carbonyl (C=O) groups is 1. The zero-order chi connectivity index (χ0) is 20.5. The van der Waals surface area contributed by atoms with E-state index < -0.39 is 0 Å². The first-order chi connectivity index (χ1) is 14.0. The minimum atomic E-state index is -0.192. The number of carbonyl (C=O) groups excluding carboxylic acids is 1. The SMILES string of the molecule is COc1ccc(NC(=O)c2ccc3nc(-n4c(C)ccc4C)sc3c2)cc1OC. The third kappa shape index (κ3) is 3.56. The van der Waals surface area contributed by atoms with Gasteiger partial charge in [-0.3, -0.25) is 9.36 Å². The topological polar surface area (TPSA) is 65.4 Å². The van der Waals surface area contributed by atoms with Crippen molar-refractivity contribution < 1.29 is 14.3 Å². The Morgan fingerprint density at radius 1 is 0.966 bits per heavy atom. The fraction of sp³-hybridized carbons (Fsp3) is 0.182. The normalized spacial score (nSPS) is 10.9. The number of hydrogen-bond acceptors (Lipinski definition) is 5. The number of methoxy groups -OCH3 is 2. The number of anilines is 1. The van der Waals surface area contributed by atoms with Crippen LogP contribution in [0.15, 0.2) is 48.5 Å². The van der Waals surface area contributed by atoms with Crippen molar-refractivity contribution >= 4 is 33.1 Å². The Balaban J connectivity index is 1.62.